The molecule has 5 nitrogen and oxygen atoms in total. The average molecular weight is 313 g/mol. The molecule has 2 heterocycles. The summed E-state index contributed by atoms with van der Waals surface area (Å²) in [6, 6.07) is -0.268. The van der Waals surface area contributed by atoms with Crippen molar-refractivity contribution in [1.82, 2.24) is 15.5 Å². The van der Waals surface area contributed by atoms with Gasteiger partial charge in [0.1, 0.15) is 6.04 Å². The van der Waals surface area contributed by atoms with E-state index in [0.717, 1.165) is 38.2 Å². The zero-order valence-electron chi connectivity index (χ0n) is 12.9. The number of amides is 2. The minimum atomic E-state index is -0.268. The Morgan fingerprint density at radius 2 is 2.29 bits per heavy atom. The number of nitrogens with one attached hydrogen (secondary N) is 2. The second-order valence-electron chi connectivity index (χ2n) is 5.94. The van der Waals surface area contributed by atoms with E-state index in [1.807, 2.05) is 0 Å². The van der Waals surface area contributed by atoms with E-state index in [2.05, 4.69) is 17.6 Å². The summed E-state index contributed by atoms with van der Waals surface area (Å²) in [6.07, 6.45) is 4.83. The Morgan fingerprint density at radius 3 is 3.00 bits per heavy atom. The van der Waals surface area contributed by atoms with E-state index in [9.17, 15) is 9.59 Å². The van der Waals surface area contributed by atoms with Crippen molar-refractivity contribution in [2.45, 2.75) is 45.1 Å². The molecule has 0 aromatic carbocycles. The van der Waals surface area contributed by atoms with Gasteiger partial charge in [0.15, 0.2) is 0 Å². The molecule has 2 aliphatic rings. The van der Waals surface area contributed by atoms with Gasteiger partial charge >= 0.3 is 0 Å². The minimum absolute atomic E-state index is 0.0235. The second kappa shape index (κ2) is 8.63. The summed E-state index contributed by atoms with van der Waals surface area (Å²) in [4.78, 5) is 26.2. The highest BCUT2D eigenvalue weighted by Crippen LogP contribution is 2.22. The number of hydrogen-bond acceptors (Lipinski definition) is 4. The number of piperidine rings is 1. The maximum absolute atomic E-state index is 12.3. The number of nitrogens with zero attached hydrogens (tertiary/aromatic N) is 1. The van der Waals surface area contributed by atoms with Crippen LogP contribution in [0.3, 0.4) is 0 Å². The molecule has 0 spiro atoms. The fourth-order valence-corrected chi connectivity index (χ4v) is 4.02. The SMILES string of the molecule is CCCCC(=O)N1CSCC1C(=O)NCC1CCCNC1. The molecular formula is C15H27N3O2S. The summed E-state index contributed by atoms with van der Waals surface area (Å²) in [5, 5.41) is 6.41. The molecule has 0 aromatic rings. The van der Waals surface area contributed by atoms with E-state index in [-0.39, 0.29) is 17.9 Å². The first kappa shape index (κ1) is 16.6. The summed E-state index contributed by atoms with van der Waals surface area (Å²) in [5.41, 5.74) is 0. The van der Waals surface area contributed by atoms with Crippen molar-refractivity contribution in [3.8, 4) is 0 Å². The van der Waals surface area contributed by atoms with Crippen LogP contribution in [0.5, 0.6) is 0 Å². The monoisotopic (exact) mass is 313 g/mol. The van der Waals surface area contributed by atoms with Gasteiger partial charge in [-0.1, -0.05) is 13.3 Å². The van der Waals surface area contributed by atoms with Crippen molar-refractivity contribution in [2.75, 3.05) is 31.3 Å². The smallest absolute Gasteiger partial charge is 0.243 e. The van der Waals surface area contributed by atoms with Gasteiger partial charge in [0.25, 0.3) is 0 Å². The molecule has 2 rings (SSSR count). The van der Waals surface area contributed by atoms with Crippen LogP contribution in [-0.4, -0.2) is 54.0 Å². The summed E-state index contributed by atoms with van der Waals surface area (Å²) < 4.78 is 0. The molecule has 0 bridgehead atoms. The lowest BCUT2D eigenvalue weighted by Gasteiger charge is -2.26. The van der Waals surface area contributed by atoms with Gasteiger partial charge < -0.3 is 15.5 Å². The zero-order valence-corrected chi connectivity index (χ0v) is 13.7. The Morgan fingerprint density at radius 1 is 1.43 bits per heavy atom. The molecule has 2 fully saturated rings. The van der Waals surface area contributed by atoms with Crippen LogP contribution in [0.1, 0.15) is 39.0 Å². The molecule has 2 atom stereocenters. The molecule has 0 aliphatic carbocycles. The van der Waals surface area contributed by atoms with Gasteiger partial charge in [-0.25, -0.2) is 0 Å². The standard InChI is InChI=1S/C15H27N3O2S/c1-2-3-6-14(19)18-11-21-10-13(18)15(20)17-9-12-5-4-7-16-8-12/h12-13,16H,2-11H2,1H3,(H,17,20). The van der Waals surface area contributed by atoms with Crippen LogP contribution in [0, 0.1) is 5.92 Å². The molecule has 2 saturated heterocycles. The third-order valence-electron chi connectivity index (χ3n) is 4.21. The fourth-order valence-electron chi connectivity index (χ4n) is 2.84. The van der Waals surface area contributed by atoms with Crippen LogP contribution >= 0.6 is 11.8 Å². The maximum Gasteiger partial charge on any atom is 0.243 e. The van der Waals surface area contributed by atoms with E-state index in [1.54, 1.807) is 16.7 Å². The van der Waals surface area contributed by atoms with E-state index in [0.29, 0.717) is 18.2 Å². The number of carbonyl (C=O) groups excluding carboxylic acids is 2. The van der Waals surface area contributed by atoms with Crippen LogP contribution in [0.2, 0.25) is 0 Å². The van der Waals surface area contributed by atoms with E-state index in [1.165, 1.54) is 12.8 Å². The van der Waals surface area contributed by atoms with Gasteiger partial charge in [0.2, 0.25) is 11.8 Å². The van der Waals surface area contributed by atoms with E-state index in [4.69, 9.17) is 0 Å². The van der Waals surface area contributed by atoms with Gasteiger partial charge in [-0.2, -0.15) is 0 Å². The van der Waals surface area contributed by atoms with Crippen LogP contribution in [0.15, 0.2) is 0 Å². The third-order valence-corrected chi connectivity index (χ3v) is 5.23. The fraction of sp³-hybridized carbons (Fsp3) is 0.867. The lowest BCUT2D eigenvalue weighted by Crippen LogP contribution is -2.49. The molecule has 120 valence electrons. The summed E-state index contributed by atoms with van der Waals surface area (Å²) in [6.45, 7) is 4.88. The highest BCUT2D eigenvalue weighted by Gasteiger charge is 2.34. The van der Waals surface area contributed by atoms with Crippen LogP contribution in [-0.2, 0) is 9.59 Å². The van der Waals surface area contributed by atoms with Crippen LogP contribution in [0.25, 0.3) is 0 Å². The van der Waals surface area contributed by atoms with Gasteiger partial charge in [-0.3, -0.25) is 9.59 Å². The van der Waals surface area contributed by atoms with E-state index < -0.39 is 0 Å². The third kappa shape index (κ3) is 4.88. The van der Waals surface area contributed by atoms with Gasteiger partial charge in [-0.05, 0) is 38.3 Å². The van der Waals surface area contributed by atoms with Crippen molar-refractivity contribution < 1.29 is 9.59 Å². The Balaban J connectivity index is 1.78. The first-order chi connectivity index (χ1) is 10.2. The predicted octanol–water partition coefficient (Wildman–Crippen LogP) is 1.19. The Hall–Kier alpha value is -0.750. The van der Waals surface area contributed by atoms with Crippen molar-refractivity contribution in [3.63, 3.8) is 0 Å². The van der Waals surface area contributed by atoms with Crippen LogP contribution in [0.4, 0.5) is 0 Å². The molecule has 2 unspecified atom stereocenters. The number of unbranched alkanes of at least 4 members (excludes halogenated alkanes) is 1. The molecular weight excluding hydrogens is 286 g/mol. The Labute approximate surface area is 131 Å². The first-order valence-electron chi connectivity index (χ1n) is 8.08. The van der Waals surface area contributed by atoms with Crippen LogP contribution < -0.4 is 10.6 Å². The number of hydrogen-bond donors (Lipinski definition) is 2. The van der Waals surface area contributed by atoms with Gasteiger partial charge in [0.05, 0.1) is 5.88 Å². The molecule has 6 heteroatoms. The first-order valence-corrected chi connectivity index (χ1v) is 9.23. The molecule has 2 N–H and O–H groups in total. The van der Waals surface area contributed by atoms with Crippen molar-refractivity contribution in [2.24, 2.45) is 5.92 Å². The highest BCUT2D eigenvalue weighted by atomic mass is 32.2. The van der Waals surface area contributed by atoms with Gasteiger partial charge in [0, 0.05) is 18.7 Å². The Bertz CT molecular complexity index is 359. The minimum Gasteiger partial charge on any atom is -0.354 e. The molecule has 21 heavy (non-hydrogen) atoms. The maximum atomic E-state index is 12.3. The average Bonchev–Trinajstić information content (AvgIpc) is 3.01. The van der Waals surface area contributed by atoms with Crippen molar-refractivity contribution in [1.29, 1.82) is 0 Å². The van der Waals surface area contributed by atoms with Crippen molar-refractivity contribution in [3.05, 3.63) is 0 Å². The number of carbonyl (C=O) groups is 2. The second-order valence-corrected chi connectivity index (χ2v) is 6.94. The number of thioether (sulfide) groups is 1. The molecule has 2 amide bonds. The Kier molecular flexibility index (Phi) is 6.83. The lowest BCUT2D eigenvalue weighted by atomic mass is 10.00. The molecule has 0 radical (unpaired) electrons. The highest BCUT2D eigenvalue weighted by molar-refractivity contribution is 7.99. The largest absolute Gasteiger partial charge is 0.354 e. The van der Waals surface area contributed by atoms with Gasteiger partial charge in [-0.15, -0.1) is 11.8 Å². The molecule has 0 saturated carbocycles. The topological polar surface area (TPSA) is 61.4 Å². The summed E-state index contributed by atoms with van der Waals surface area (Å²) in [7, 11) is 0. The quantitative estimate of drug-likeness (QED) is 0.773. The molecule has 2 aliphatic heterocycles. The zero-order chi connectivity index (χ0) is 15.1. The summed E-state index contributed by atoms with van der Waals surface area (Å²) >= 11 is 1.67. The molecule has 0 aromatic heterocycles. The van der Waals surface area contributed by atoms with Crippen molar-refractivity contribution >= 4 is 23.6 Å². The predicted molar refractivity (Wildman–Crippen MR) is 86.1 cm³/mol. The summed E-state index contributed by atoms with van der Waals surface area (Å²) in [5.74, 6) is 2.07. The number of rotatable bonds is 6. The lowest BCUT2D eigenvalue weighted by molar-refractivity contribution is -0.138. The normalized spacial score (nSPS) is 25.9. The van der Waals surface area contributed by atoms with E-state index >= 15 is 0 Å².